The molecule has 1 aromatic rings. The van der Waals surface area contributed by atoms with Gasteiger partial charge in [-0.05, 0) is 25.0 Å². The predicted octanol–water partition coefficient (Wildman–Crippen LogP) is 2.03. The summed E-state index contributed by atoms with van der Waals surface area (Å²) in [5.41, 5.74) is 1.93. The molecule has 0 aliphatic heterocycles. The van der Waals surface area contributed by atoms with Crippen molar-refractivity contribution < 1.29 is 12.6 Å². The van der Waals surface area contributed by atoms with Crippen LogP contribution in [0.15, 0.2) is 24.3 Å². The van der Waals surface area contributed by atoms with E-state index in [2.05, 4.69) is 0 Å². The number of benzene rings is 1. The van der Waals surface area contributed by atoms with E-state index in [0.29, 0.717) is 0 Å². The fourth-order valence-electron chi connectivity index (χ4n) is 1.36. The van der Waals surface area contributed by atoms with Crippen molar-refractivity contribution in [2.75, 3.05) is 6.26 Å². The summed E-state index contributed by atoms with van der Waals surface area (Å²) < 4.78 is 26.7. The number of hydrogen-bond donors (Lipinski definition) is 0. The zero-order chi connectivity index (χ0) is 10.8. The highest BCUT2D eigenvalue weighted by Gasteiger charge is 2.13. The molecule has 1 aromatic carbocycles. The minimum absolute atomic E-state index is 0.425. The highest BCUT2D eigenvalue weighted by molar-refractivity contribution is 7.86. The van der Waals surface area contributed by atoms with Gasteiger partial charge in [0, 0.05) is 0 Å². The third-order valence-electron chi connectivity index (χ3n) is 1.95. The molecule has 0 saturated carbocycles. The second-order valence-electron chi connectivity index (χ2n) is 3.30. The lowest BCUT2D eigenvalue weighted by molar-refractivity contribution is 0.236. The van der Waals surface area contributed by atoms with Crippen LogP contribution in [0.25, 0.3) is 0 Å². The lowest BCUT2D eigenvalue weighted by Crippen LogP contribution is -2.08. The van der Waals surface area contributed by atoms with Crippen LogP contribution >= 0.6 is 0 Å². The van der Waals surface area contributed by atoms with E-state index >= 15 is 0 Å². The molecule has 0 amide bonds. The lowest BCUT2D eigenvalue weighted by Gasteiger charge is -2.13. The summed E-state index contributed by atoms with van der Waals surface area (Å²) >= 11 is 0. The van der Waals surface area contributed by atoms with Crippen molar-refractivity contribution in [3.63, 3.8) is 0 Å². The Morgan fingerprint density at radius 3 is 2.36 bits per heavy atom. The molecule has 3 nitrogen and oxygen atoms in total. The molecule has 0 fully saturated rings. The fourth-order valence-corrected chi connectivity index (χ4v) is 1.98. The van der Waals surface area contributed by atoms with Gasteiger partial charge < -0.3 is 0 Å². The van der Waals surface area contributed by atoms with Gasteiger partial charge in [-0.15, -0.1) is 0 Å². The maximum absolute atomic E-state index is 10.9. The Morgan fingerprint density at radius 1 is 1.29 bits per heavy atom. The summed E-state index contributed by atoms with van der Waals surface area (Å²) in [4.78, 5) is 0. The molecule has 0 radical (unpaired) electrons. The average Bonchev–Trinajstić information content (AvgIpc) is 2.01. The molecule has 0 aromatic heterocycles. The van der Waals surface area contributed by atoms with Crippen molar-refractivity contribution in [2.45, 2.75) is 20.0 Å². The monoisotopic (exact) mass is 214 g/mol. The van der Waals surface area contributed by atoms with Crippen LogP contribution in [0.5, 0.6) is 0 Å². The van der Waals surface area contributed by atoms with Gasteiger partial charge in [-0.25, -0.2) is 0 Å². The third kappa shape index (κ3) is 3.12. The maximum atomic E-state index is 10.9. The molecular formula is C10H14O3S. The van der Waals surface area contributed by atoms with E-state index in [1.807, 2.05) is 31.2 Å². The molecular weight excluding hydrogens is 200 g/mol. The Kier molecular flexibility index (Phi) is 3.29. The van der Waals surface area contributed by atoms with Gasteiger partial charge in [0.2, 0.25) is 0 Å². The molecule has 0 saturated heterocycles. The van der Waals surface area contributed by atoms with E-state index < -0.39 is 16.2 Å². The Balaban J connectivity index is 2.90. The first-order valence-corrected chi connectivity index (χ1v) is 6.15. The molecule has 0 bridgehead atoms. The van der Waals surface area contributed by atoms with Crippen LogP contribution in [0.2, 0.25) is 0 Å². The van der Waals surface area contributed by atoms with E-state index in [-0.39, 0.29) is 0 Å². The molecule has 1 rings (SSSR count). The van der Waals surface area contributed by atoms with Crippen molar-refractivity contribution >= 4 is 10.1 Å². The van der Waals surface area contributed by atoms with Crippen molar-refractivity contribution in [2.24, 2.45) is 0 Å². The SMILES string of the molecule is Cc1ccccc1C(C)OS(C)(=O)=O. The highest BCUT2D eigenvalue weighted by atomic mass is 32.2. The van der Waals surface area contributed by atoms with Crippen LogP contribution in [0.3, 0.4) is 0 Å². The lowest BCUT2D eigenvalue weighted by atomic mass is 10.1. The topological polar surface area (TPSA) is 43.4 Å². The molecule has 0 aliphatic rings. The van der Waals surface area contributed by atoms with Crippen LogP contribution in [0, 0.1) is 6.92 Å². The van der Waals surface area contributed by atoms with Crippen molar-refractivity contribution in [1.29, 1.82) is 0 Å². The standard InChI is InChI=1S/C10H14O3S/c1-8-6-4-5-7-10(8)9(2)13-14(3,11)12/h4-7,9H,1-3H3. The second-order valence-corrected chi connectivity index (χ2v) is 4.90. The maximum Gasteiger partial charge on any atom is 0.264 e. The Labute approximate surface area is 84.8 Å². The molecule has 1 unspecified atom stereocenters. The van der Waals surface area contributed by atoms with E-state index in [4.69, 9.17) is 4.18 Å². The number of aryl methyl sites for hydroxylation is 1. The first-order valence-electron chi connectivity index (χ1n) is 4.34. The van der Waals surface area contributed by atoms with Crippen LogP contribution in [0.4, 0.5) is 0 Å². The third-order valence-corrected chi connectivity index (χ3v) is 2.58. The molecule has 4 heteroatoms. The van der Waals surface area contributed by atoms with Gasteiger partial charge in [0.1, 0.15) is 0 Å². The molecule has 0 heterocycles. The summed E-state index contributed by atoms with van der Waals surface area (Å²) in [7, 11) is -3.39. The van der Waals surface area contributed by atoms with E-state index in [1.54, 1.807) is 6.92 Å². The van der Waals surface area contributed by atoms with Gasteiger partial charge >= 0.3 is 0 Å². The molecule has 1 atom stereocenters. The average molecular weight is 214 g/mol. The van der Waals surface area contributed by atoms with Crippen molar-refractivity contribution in [1.82, 2.24) is 0 Å². The van der Waals surface area contributed by atoms with E-state index in [0.717, 1.165) is 17.4 Å². The Bertz CT molecular complexity index is 409. The zero-order valence-corrected chi connectivity index (χ0v) is 9.34. The molecule has 0 aliphatic carbocycles. The minimum atomic E-state index is -3.39. The van der Waals surface area contributed by atoms with Crippen LogP contribution in [-0.4, -0.2) is 14.7 Å². The zero-order valence-electron chi connectivity index (χ0n) is 8.52. The summed E-state index contributed by atoms with van der Waals surface area (Å²) in [5.74, 6) is 0. The number of rotatable bonds is 3. The van der Waals surface area contributed by atoms with Crippen LogP contribution < -0.4 is 0 Å². The minimum Gasteiger partial charge on any atom is -0.262 e. The predicted molar refractivity (Wildman–Crippen MR) is 55.5 cm³/mol. The summed E-state index contributed by atoms with van der Waals surface area (Å²) in [6.07, 6.45) is 0.632. The van der Waals surface area contributed by atoms with E-state index in [9.17, 15) is 8.42 Å². The van der Waals surface area contributed by atoms with Gasteiger partial charge in [0.05, 0.1) is 12.4 Å². The largest absolute Gasteiger partial charge is 0.264 e. The Hall–Kier alpha value is -0.870. The van der Waals surface area contributed by atoms with Crippen LogP contribution in [0.1, 0.15) is 24.2 Å². The molecule has 0 spiro atoms. The molecule has 14 heavy (non-hydrogen) atoms. The number of hydrogen-bond acceptors (Lipinski definition) is 3. The second kappa shape index (κ2) is 4.11. The van der Waals surface area contributed by atoms with E-state index in [1.165, 1.54) is 0 Å². The van der Waals surface area contributed by atoms with Gasteiger partial charge in [-0.1, -0.05) is 24.3 Å². The molecule has 0 N–H and O–H groups in total. The van der Waals surface area contributed by atoms with Gasteiger partial charge in [0.15, 0.2) is 0 Å². The van der Waals surface area contributed by atoms with Gasteiger partial charge in [-0.3, -0.25) is 4.18 Å². The normalized spacial score (nSPS) is 13.9. The quantitative estimate of drug-likeness (QED) is 0.723. The first kappa shape index (κ1) is 11.2. The summed E-state index contributed by atoms with van der Waals surface area (Å²) in [5, 5.41) is 0. The van der Waals surface area contributed by atoms with Crippen molar-refractivity contribution in [3.05, 3.63) is 35.4 Å². The van der Waals surface area contributed by atoms with Crippen molar-refractivity contribution in [3.8, 4) is 0 Å². The first-order chi connectivity index (χ1) is 6.40. The molecule has 78 valence electrons. The summed E-state index contributed by atoms with van der Waals surface area (Å²) in [6, 6.07) is 7.57. The Morgan fingerprint density at radius 2 is 1.86 bits per heavy atom. The fraction of sp³-hybridized carbons (Fsp3) is 0.400. The highest BCUT2D eigenvalue weighted by Crippen LogP contribution is 2.21. The van der Waals surface area contributed by atoms with Crippen LogP contribution in [-0.2, 0) is 14.3 Å². The smallest absolute Gasteiger partial charge is 0.262 e. The van der Waals surface area contributed by atoms with Gasteiger partial charge in [0.25, 0.3) is 10.1 Å². The van der Waals surface area contributed by atoms with Gasteiger partial charge in [-0.2, -0.15) is 8.42 Å². The summed E-state index contributed by atoms with van der Waals surface area (Å²) in [6.45, 7) is 3.65.